The summed E-state index contributed by atoms with van der Waals surface area (Å²) in [6, 6.07) is 5.42. The van der Waals surface area contributed by atoms with Gasteiger partial charge in [0.05, 0.1) is 0 Å². The minimum absolute atomic E-state index is 0. The molecule has 0 bridgehead atoms. The molecule has 0 fully saturated rings. The molecule has 1 aromatic carbocycles. The molecule has 1 aliphatic carbocycles. The minimum atomic E-state index is -0.169. The summed E-state index contributed by atoms with van der Waals surface area (Å²) in [7, 11) is 1.75. The summed E-state index contributed by atoms with van der Waals surface area (Å²) in [6.07, 6.45) is 7.01. The van der Waals surface area contributed by atoms with Gasteiger partial charge in [0.25, 0.3) is 0 Å². The number of nitrogens with one attached hydrogen (secondary N) is 2. The maximum atomic E-state index is 13.6. The summed E-state index contributed by atoms with van der Waals surface area (Å²) >= 11 is 3.36. The molecule has 1 aromatic rings. The van der Waals surface area contributed by atoms with Crippen molar-refractivity contribution >= 4 is 45.9 Å². The average molecular weight is 468 g/mol. The van der Waals surface area contributed by atoms with Crippen LogP contribution in [0.4, 0.5) is 4.39 Å². The first kappa shape index (κ1) is 18.4. The Morgan fingerprint density at radius 2 is 2.10 bits per heavy atom. The van der Waals surface area contributed by atoms with Gasteiger partial charge >= 0.3 is 0 Å². The van der Waals surface area contributed by atoms with Gasteiger partial charge in [-0.05, 0) is 43.0 Å². The Morgan fingerprint density at radius 3 is 2.76 bits per heavy atom. The van der Waals surface area contributed by atoms with E-state index in [1.54, 1.807) is 13.1 Å². The molecular weight excluding hydrogens is 448 g/mol. The van der Waals surface area contributed by atoms with Gasteiger partial charge in [0.1, 0.15) is 5.82 Å². The smallest absolute Gasteiger partial charge is 0.191 e. The Hall–Kier alpha value is -0.630. The molecule has 0 aliphatic heterocycles. The first-order chi connectivity index (χ1) is 9.69. The van der Waals surface area contributed by atoms with E-state index in [-0.39, 0.29) is 29.8 Å². The van der Waals surface area contributed by atoms with Crippen LogP contribution in [0.5, 0.6) is 0 Å². The Balaban J connectivity index is 0.00000220. The van der Waals surface area contributed by atoms with Crippen molar-refractivity contribution in [2.24, 2.45) is 4.99 Å². The van der Waals surface area contributed by atoms with E-state index < -0.39 is 0 Å². The fourth-order valence-corrected chi connectivity index (χ4v) is 2.58. The monoisotopic (exact) mass is 467 g/mol. The first-order valence-electron chi connectivity index (χ1n) is 6.75. The maximum absolute atomic E-state index is 13.6. The molecule has 116 valence electrons. The van der Waals surface area contributed by atoms with E-state index in [2.05, 4.69) is 43.7 Å². The zero-order chi connectivity index (χ0) is 14.4. The summed E-state index contributed by atoms with van der Waals surface area (Å²) in [5.74, 6) is 0.604. The summed E-state index contributed by atoms with van der Waals surface area (Å²) in [4.78, 5) is 4.19. The average Bonchev–Trinajstić information content (AvgIpc) is 2.94. The molecule has 21 heavy (non-hydrogen) atoms. The van der Waals surface area contributed by atoms with Crippen LogP contribution < -0.4 is 10.6 Å². The highest BCUT2D eigenvalue weighted by Gasteiger charge is 2.11. The molecule has 0 saturated carbocycles. The van der Waals surface area contributed by atoms with Crippen LogP contribution in [0.25, 0.3) is 0 Å². The van der Waals surface area contributed by atoms with E-state index in [0.717, 1.165) is 23.3 Å². The predicted octanol–water partition coefficient (Wildman–Crippen LogP) is 3.63. The van der Waals surface area contributed by atoms with E-state index in [4.69, 9.17) is 0 Å². The lowest BCUT2D eigenvalue weighted by Crippen LogP contribution is -2.43. The first-order valence-corrected chi connectivity index (χ1v) is 7.54. The Kier molecular flexibility index (Phi) is 8.24. The van der Waals surface area contributed by atoms with Gasteiger partial charge in [0.15, 0.2) is 5.96 Å². The third kappa shape index (κ3) is 5.94. The van der Waals surface area contributed by atoms with Crippen LogP contribution in [0.1, 0.15) is 18.4 Å². The summed E-state index contributed by atoms with van der Waals surface area (Å²) in [6.45, 7) is 0.646. The Morgan fingerprint density at radius 1 is 1.38 bits per heavy atom. The van der Waals surface area contributed by atoms with E-state index in [1.807, 2.05) is 6.07 Å². The lowest BCUT2D eigenvalue weighted by molar-refractivity contribution is 0.603. The van der Waals surface area contributed by atoms with Crippen molar-refractivity contribution < 1.29 is 4.39 Å². The highest BCUT2D eigenvalue weighted by Crippen LogP contribution is 2.15. The van der Waals surface area contributed by atoms with Gasteiger partial charge in [0.2, 0.25) is 0 Å². The number of benzene rings is 1. The normalized spacial score (nSPS) is 14.9. The predicted molar refractivity (Wildman–Crippen MR) is 99.9 cm³/mol. The fraction of sp³-hybridized carbons (Fsp3) is 0.400. The van der Waals surface area contributed by atoms with Gasteiger partial charge < -0.3 is 10.6 Å². The van der Waals surface area contributed by atoms with Crippen molar-refractivity contribution in [1.29, 1.82) is 0 Å². The largest absolute Gasteiger partial charge is 0.356 e. The molecule has 0 saturated heterocycles. The SMILES string of the molecule is CN=C(NCCc1cc(Br)ccc1F)NC1CC=CC1.I. The lowest BCUT2D eigenvalue weighted by Gasteiger charge is -2.17. The maximum Gasteiger partial charge on any atom is 0.191 e. The molecule has 2 rings (SSSR count). The molecule has 2 N–H and O–H groups in total. The highest BCUT2D eigenvalue weighted by atomic mass is 127. The molecule has 0 heterocycles. The van der Waals surface area contributed by atoms with Crippen LogP contribution in [-0.2, 0) is 6.42 Å². The minimum Gasteiger partial charge on any atom is -0.356 e. The molecular formula is C15H20BrFIN3. The van der Waals surface area contributed by atoms with Gasteiger partial charge in [0, 0.05) is 24.1 Å². The third-order valence-corrected chi connectivity index (χ3v) is 3.76. The second-order valence-corrected chi connectivity index (χ2v) is 5.68. The molecule has 0 amide bonds. The van der Waals surface area contributed by atoms with Gasteiger partial charge in [-0.2, -0.15) is 0 Å². The zero-order valence-corrected chi connectivity index (χ0v) is 15.8. The van der Waals surface area contributed by atoms with Crippen molar-refractivity contribution in [1.82, 2.24) is 10.6 Å². The van der Waals surface area contributed by atoms with Crippen LogP contribution in [0.15, 0.2) is 39.8 Å². The fourth-order valence-electron chi connectivity index (χ4n) is 2.17. The van der Waals surface area contributed by atoms with Crippen LogP contribution in [0, 0.1) is 5.82 Å². The molecule has 0 atom stereocenters. The van der Waals surface area contributed by atoms with E-state index >= 15 is 0 Å². The standard InChI is InChI=1S/C15H19BrFN3.HI/c1-18-15(20-13-4-2-3-5-13)19-9-8-11-10-12(16)6-7-14(11)17;/h2-3,6-7,10,13H,4-5,8-9H2,1H3,(H2,18,19,20);1H. The Labute approximate surface area is 150 Å². The molecule has 6 heteroatoms. The van der Waals surface area contributed by atoms with Crippen LogP contribution >= 0.6 is 39.9 Å². The number of halogens is 3. The second-order valence-electron chi connectivity index (χ2n) is 4.77. The summed E-state index contributed by atoms with van der Waals surface area (Å²) in [5, 5.41) is 6.57. The molecule has 3 nitrogen and oxygen atoms in total. The quantitative estimate of drug-likeness (QED) is 0.307. The van der Waals surface area contributed by atoms with Crippen molar-refractivity contribution in [3.8, 4) is 0 Å². The van der Waals surface area contributed by atoms with Crippen LogP contribution in [-0.4, -0.2) is 25.6 Å². The summed E-state index contributed by atoms with van der Waals surface area (Å²) in [5.41, 5.74) is 0.699. The number of hydrogen-bond acceptors (Lipinski definition) is 1. The number of guanidine groups is 1. The number of rotatable bonds is 4. The van der Waals surface area contributed by atoms with Gasteiger partial charge in [-0.25, -0.2) is 4.39 Å². The van der Waals surface area contributed by atoms with E-state index in [0.29, 0.717) is 24.6 Å². The molecule has 0 unspecified atom stereocenters. The van der Waals surface area contributed by atoms with Crippen LogP contribution in [0.3, 0.4) is 0 Å². The van der Waals surface area contributed by atoms with Gasteiger partial charge in [-0.15, -0.1) is 24.0 Å². The van der Waals surface area contributed by atoms with Crippen molar-refractivity contribution in [2.75, 3.05) is 13.6 Å². The molecule has 0 radical (unpaired) electrons. The molecule has 1 aliphatic rings. The number of nitrogens with zero attached hydrogens (tertiary/aromatic N) is 1. The lowest BCUT2D eigenvalue weighted by atomic mass is 10.1. The van der Waals surface area contributed by atoms with Crippen LogP contribution in [0.2, 0.25) is 0 Å². The van der Waals surface area contributed by atoms with E-state index in [9.17, 15) is 4.39 Å². The zero-order valence-electron chi connectivity index (χ0n) is 11.9. The molecule has 0 aromatic heterocycles. The van der Waals surface area contributed by atoms with Crippen molar-refractivity contribution in [3.05, 3.63) is 46.2 Å². The molecule has 0 spiro atoms. The van der Waals surface area contributed by atoms with Crippen molar-refractivity contribution in [3.63, 3.8) is 0 Å². The van der Waals surface area contributed by atoms with Crippen molar-refractivity contribution in [2.45, 2.75) is 25.3 Å². The number of aliphatic imine (C=N–C) groups is 1. The topological polar surface area (TPSA) is 36.4 Å². The van der Waals surface area contributed by atoms with E-state index in [1.165, 1.54) is 6.07 Å². The Bertz CT molecular complexity index is 512. The van der Waals surface area contributed by atoms with Gasteiger partial charge in [-0.1, -0.05) is 28.1 Å². The third-order valence-electron chi connectivity index (χ3n) is 3.27. The summed E-state index contributed by atoms with van der Waals surface area (Å²) < 4.78 is 14.5. The number of hydrogen-bond donors (Lipinski definition) is 2. The highest BCUT2D eigenvalue weighted by molar-refractivity contribution is 14.0. The second kappa shape index (κ2) is 9.40. The van der Waals surface area contributed by atoms with Gasteiger partial charge in [-0.3, -0.25) is 4.99 Å².